The molecular formula is C20H30N4O2. The van der Waals surface area contributed by atoms with Gasteiger partial charge in [0.25, 0.3) is 5.91 Å². The highest BCUT2D eigenvalue weighted by Gasteiger charge is 2.14. The van der Waals surface area contributed by atoms with Crippen LogP contribution in [0.15, 0.2) is 30.3 Å². The molecule has 0 aliphatic heterocycles. The highest BCUT2D eigenvalue weighted by molar-refractivity contribution is 5.96. The normalized spacial score (nSPS) is 12.2. The summed E-state index contributed by atoms with van der Waals surface area (Å²) in [6.45, 7) is 8.86. The van der Waals surface area contributed by atoms with Crippen LogP contribution in [0.25, 0.3) is 0 Å². The van der Waals surface area contributed by atoms with Crippen LogP contribution in [0.5, 0.6) is 5.75 Å². The van der Waals surface area contributed by atoms with Gasteiger partial charge in [0.05, 0.1) is 11.3 Å². The maximum Gasteiger partial charge on any atom is 0.255 e. The summed E-state index contributed by atoms with van der Waals surface area (Å²) in [4.78, 5) is 14.6. The van der Waals surface area contributed by atoms with E-state index in [2.05, 4.69) is 23.4 Å². The van der Waals surface area contributed by atoms with Crippen molar-refractivity contribution in [3.8, 4) is 5.75 Å². The van der Waals surface area contributed by atoms with Gasteiger partial charge in [-0.2, -0.15) is 5.10 Å². The molecule has 0 aliphatic carbocycles. The van der Waals surface area contributed by atoms with Crippen molar-refractivity contribution in [1.82, 2.24) is 20.0 Å². The number of carbonyl (C=O) groups is 1. The monoisotopic (exact) mass is 358 g/mol. The number of rotatable bonds is 9. The number of hydrogen-bond acceptors (Lipinski definition) is 4. The van der Waals surface area contributed by atoms with Gasteiger partial charge in [0.15, 0.2) is 0 Å². The van der Waals surface area contributed by atoms with Crippen LogP contribution in [0.1, 0.15) is 28.7 Å². The molecule has 1 amide bonds. The van der Waals surface area contributed by atoms with Gasteiger partial charge >= 0.3 is 0 Å². The summed E-state index contributed by atoms with van der Waals surface area (Å²) in [5, 5.41) is 7.49. The zero-order valence-electron chi connectivity index (χ0n) is 16.5. The summed E-state index contributed by atoms with van der Waals surface area (Å²) in [5.74, 6) is 0.794. The summed E-state index contributed by atoms with van der Waals surface area (Å²) in [7, 11) is 3.98. The smallest absolute Gasteiger partial charge is 0.255 e. The van der Waals surface area contributed by atoms with Crippen LogP contribution in [0.2, 0.25) is 0 Å². The van der Waals surface area contributed by atoms with Crippen LogP contribution in [-0.4, -0.2) is 54.4 Å². The molecule has 0 radical (unpaired) electrons. The molecule has 6 nitrogen and oxygen atoms in total. The Labute approximate surface area is 156 Å². The van der Waals surface area contributed by atoms with Crippen molar-refractivity contribution in [2.75, 3.05) is 33.8 Å². The summed E-state index contributed by atoms with van der Waals surface area (Å²) < 4.78 is 7.76. The lowest BCUT2D eigenvalue weighted by Gasteiger charge is -2.16. The molecule has 6 heteroatoms. The van der Waals surface area contributed by atoms with Crippen LogP contribution >= 0.6 is 0 Å². The van der Waals surface area contributed by atoms with Gasteiger partial charge in [0, 0.05) is 25.3 Å². The van der Waals surface area contributed by atoms with Gasteiger partial charge in [0.1, 0.15) is 12.4 Å². The molecule has 0 saturated heterocycles. The van der Waals surface area contributed by atoms with E-state index in [0.717, 1.165) is 24.5 Å². The maximum atomic E-state index is 12.6. The first-order valence-electron chi connectivity index (χ1n) is 9.02. The molecule has 0 fully saturated rings. The van der Waals surface area contributed by atoms with E-state index in [1.165, 1.54) is 0 Å². The Bertz CT molecular complexity index is 724. The Morgan fingerprint density at radius 2 is 2.04 bits per heavy atom. The van der Waals surface area contributed by atoms with E-state index < -0.39 is 0 Å². The predicted molar refractivity (Wildman–Crippen MR) is 104 cm³/mol. The number of hydrogen-bond donors (Lipinski definition) is 1. The van der Waals surface area contributed by atoms with Gasteiger partial charge in [-0.05, 0) is 52.1 Å². The third-order valence-electron chi connectivity index (χ3n) is 4.13. The Balaban J connectivity index is 1.90. The lowest BCUT2D eigenvalue weighted by molar-refractivity contribution is 0.0942. The maximum absolute atomic E-state index is 12.6. The van der Waals surface area contributed by atoms with Crippen molar-refractivity contribution in [3.63, 3.8) is 0 Å². The number of benzene rings is 1. The van der Waals surface area contributed by atoms with E-state index in [-0.39, 0.29) is 11.8 Å². The van der Waals surface area contributed by atoms with Crippen LogP contribution in [0, 0.1) is 19.8 Å². The first-order chi connectivity index (χ1) is 12.4. The molecule has 142 valence electrons. The second-order valence-electron chi connectivity index (χ2n) is 7.07. The minimum atomic E-state index is -0.106. The number of nitrogens with one attached hydrogen (secondary N) is 1. The van der Waals surface area contributed by atoms with Crippen molar-refractivity contribution >= 4 is 5.91 Å². The molecule has 0 spiro atoms. The van der Waals surface area contributed by atoms with Crippen LogP contribution < -0.4 is 10.1 Å². The number of para-hydroxylation sites is 1. The van der Waals surface area contributed by atoms with Gasteiger partial charge in [-0.3, -0.25) is 9.48 Å². The third kappa shape index (κ3) is 5.88. The molecule has 1 N–H and O–H groups in total. The van der Waals surface area contributed by atoms with Crippen molar-refractivity contribution in [2.45, 2.75) is 27.3 Å². The molecule has 26 heavy (non-hydrogen) atoms. The Hall–Kier alpha value is -2.34. The van der Waals surface area contributed by atoms with E-state index in [9.17, 15) is 4.79 Å². The highest BCUT2D eigenvalue weighted by Crippen LogP contribution is 2.18. The van der Waals surface area contributed by atoms with E-state index in [0.29, 0.717) is 24.5 Å². The molecule has 1 atom stereocenters. The predicted octanol–water partition coefficient (Wildman–Crippen LogP) is 2.51. The molecule has 1 aromatic heterocycles. The van der Waals surface area contributed by atoms with Gasteiger partial charge in [-0.25, -0.2) is 0 Å². The zero-order chi connectivity index (χ0) is 19.1. The summed E-state index contributed by atoms with van der Waals surface area (Å²) in [6, 6.07) is 9.43. The largest absolute Gasteiger partial charge is 0.491 e. The minimum Gasteiger partial charge on any atom is -0.491 e. The second-order valence-corrected chi connectivity index (χ2v) is 7.07. The highest BCUT2D eigenvalue weighted by atomic mass is 16.5. The Morgan fingerprint density at radius 1 is 1.31 bits per heavy atom. The molecule has 1 heterocycles. The second kappa shape index (κ2) is 9.38. The number of amides is 1. The molecule has 2 aromatic rings. The first-order valence-corrected chi connectivity index (χ1v) is 9.02. The topological polar surface area (TPSA) is 59.4 Å². The number of likely N-dealkylation sites (N-methyl/N-ethyl adjacent to an activating group) is 1. The van der Waals surface area contributed by atoms with Gasteiger partial charge in [-0.15, -0.1) is 0 Å². The molecule has 1 aromatic carbocycles. The number of carbonyl (C=O) groups excluding carboxylic acids is 1. The molecule has 0 aliphatic rings. The van der Waals surface area contributed by atoms with Crippen molar-refractivity contribution in [3.05, 3.63) is 47.3 Å². The van der Waals surface area contributed by atoms with Crippen LogP contribution in [0.3, 0.4) is 0 Å². The molecule has 0 bridgehead atoms. The number of aryl methyl sites for hydroxylation is 2. The lowest BCUT2D eigenvalue weighted by Crippen LogP contribution is -2.30. The number of aromatic nitrogens is 2. The fourth-order valence-electron chi connectivity index (χ4n) is 2.70. The fraction of sp³-hybridized carbons (Fsp3) is 0.500. The van der Waals surface area contributed by atoms with Crippen molar-refractivity contribution in [1.29, 1.82) is 0 Å². The van der Waals surface area contributed by atoms with Gasteiger partial charge in [-0.1, -0.05) is 19.1 Å². The molecule has 2 rings (SSSR count). The summed E-state index contributed by atoms with van der Waals surface area (Å²) in [5.41, 5.74) is 2.73. The summed E-state index contributed by atoms with van der Waals surface area (Å²) >= 11 is 0. The van der Waals surface area contributed by atoms with Crippen LogP contribution in [0.4, 0.5) is 0 Å². The standard InChI is InChI=1S/C20H30N4O2/c1-15(14-24-17(3)12-16(2)22-24)13-21-20(25)18-8-6-7-9-19(18)26-11-10-23(4)5/h6-9,12,15H,10-11,13-14H2,1-5H3,(H,21,25). The van der Waals surface area contributed by atoms with Crippen molar-refractivity contribution < 1.29 is 9.53 Å². The SMILES string of the molecule is Cc1cc(C)n(CC(C)CNC(=O)c2ccccc2OCCN(C)C)n1. The summed E-state index contributed by atoms with van der Waals surface area (Å²) in [6.07, 6.45) is 0. The molecular weight excluding hydrogens is 328 g/mol. The third-order valence-corrected chi connectivity index (χ3v) is 4.13. The molecule has 0 saturated carbocycles. The lowest BCUT2D eigenvalue weighted by atomic mass is 10.1. The van der Waals surface area contributed by atoms with E-state index in [1.807, 2.05) is 55.7 Å². The first kappa shape index (κ1) is 20.0. The number of ether oxygens (including phenoxy) is 1. The Morgan fingerprint density at radius 3 is 2.69 bits per heavy atom. The quantitative estimate of drug-likeness (QED) is 0.748. The van der Waals surface area contributed by atoms with Gasteiger partial charge in [0.2, 0.25) is 0 Å². The molecule has 1 unspecified atom stereocenters. The minimum absolute atomic E-state index is 0.106. The zero-order valence-corrected chi connectivity index (χ0v) is 16.5. The van der Waals surface area contributed by atoms with E-state index >= 15 is 0 Å². The number of nitrogens with zero attached hydrogens (tertiary/aromatic N) is 3. The average Bonchev–Trinajstić information content (AvgIpc) is 2.90. The van der Waals surface area contributed by atoms with Crippen molar-refractivity contribution in [2.24, 2.45) is 5.92 Å². The average molecular weight is 358 g/mol. The fourth-order valence-corrected chi connectivity index (χ4v) is 2.70. The van der Waals surface area contributed by atoms with E-state index in [4.69, 9.17) is 4.74 Å². The van der Waals surface area contributed by atoms with Gasteiger partial charge < -0.3 is 15.0 Å². The van der Waals surface area contributed by atoms with Crippen LogP contribution in [-0.2, 0) is 6.54 Å². The Kier molecular flexibility index (Phi) is 7.21. The van der Waals surface area contributed by atoms with E-state index in [1.54, 1.807) is 6.07 Å².